The molecule has 0 spiro atoms. The first-order valence-corrected chi connectivity index (χ1v) is 8.37. The molecule has 0 N–H and O–H groups in total. The van der Waals surface area contributed by atoms with Crippen LogP contribution in [0.15, 0.2) is 36.4 Å². The second kappa shape index (κ2) is 7.04. The highest BCUT2D eigenvalue weighted by Gasteiger charge is 2.20. The van der Waals surface area contributed by atoms with E-state index >= 15 is 0 Å². The van der Waals surface area contributed by atoms with Gasteiger partial charge in [-0.15, -0.1) is 0 Å². The molecule has 0 heterocycles. The molecule has 0 aliphatic carbocycles. The molecule has 0 atom stereocenters. The van der Waals surface area contributed by atoms with Gasteiger partial charge in [-0.25, -0.2) is 4.79 Å². The van der Waals surface area contributed by atoms with Gasteiger partial charge >= 0.3 is 6.09 Å². The number of carbonyl (C=O) groups excluding carboxylic acids is 1. The molecule has 128 valence electrons. The van der Waals surface area contributed by atoms with E-state index in [4.69, 9.17) is 27.9 Å². The van der Waals surface area contributed by atoms with Crippen LogP contribution >= 0.6 is 23.2 Å². The van der Waals surface area contributed by atoms with Gasteiger partial charge in [0.2, 0.25) is 0 Å². The second-order valence-corrected chi connectivity index (χ2v) is 7.57. The Hall–Kier alpha value is -1.71. The van der Waals surface area contributed by atoms with Crippen LogP contribution in [0.2, 0.25) is 10.0 Å². The van der Waals surface area contributed by atoms with Gasteiger partial charge in [0.05, 0.1) is 0 Å². The number of hydrogen-bond acceptors (Lipinski definition) is 2. The van der Waals surface area contributed by atoms with E-state index in [1.165, 1.54) is 4.90 Å². The molecule has 2 aromatic rings. The van der Waals surface area contributed by atoms with Crippen LogP contribution in [0.25, 0.3) is 0 Å². The van der Waals surface area contributed by atoms with Crippen LogP contribution < -0.4 is 9.64 Å². The van der Waals surface area contributed by atoms with Crippen LogP contribution in [-0.4, -0.2) is 13.1 Å². The average molecular weight is 366 g/mol. The summed E-state index contributed by atoms with van der Waals surface area (Å²) in [5.74, 6) is 0.458. The van der Waals surface area contributed by atoms with Crippen LogP contribution in [0.1, 0.15) is 31.9 Å². The number of carbonyl (C=O) groups is 1. The number of anilines is 1. The molecule has 0 unspecified atom stereocenters. The number of rotatable bonds is 2. The fourth-order valence-electron chi connectivity index (χ4n) is 2.21. The van der Waals surface area contributed by atoms with Crippen molar-refractivity contribution in [2.24, 2.45) is 0 Å². The average Bonchev–Trinajstić information content (AvgIpc) is 2.50. The summed E-state index contributed by atoms with van der Waals surface area (Å²) < 4.78 is 5.48. The van der Waals surface area contributed by atoms with Crippen molar-refractivity contribution in [3.8, 4) is 5.75 Å². The minimum atomic E-state index is -0.489. The summed E-state index contributed by atoms with van der Waals surface area (Å²) in [6, 6.07) is 10.7. The molecule has 0 fully saturated rings. The Kier molecular flexibility index (Phi) is 5.46. The van der Waals surface area contributed by atoms with Crippen molar-refractivity contribution in [3.05, 3.63) is 57.6 Å². The second-order valence-electron chi connectivity index (χ2n) is 6.75. The number of nitrogens with zero attached hydrogens (tertiary/aromatic N) is 1. The van der Waals surface area contributed by atoms with Crippen LogP contribution in [0.3, 0.4) is 0 Å². The molecule has 0 saturated carbocycles. The van der Waals surface area contributed by atoms with E-state index in [9.17, 15) is 4.79 Å². The zero-order chi connectivity index (χ0) is 18.1. The SMILES string of the molecule is Cc1ccc(N(C)C(=O)Oc2ccc(Cl)c(C(C)(C)C)c2)cc1Cl. The summed E-state index contributed by atoms with van der Waals surface area (Å²) in [7, 11) is 1.64. The molecule has 0 aliphatic rings. The summed E-state index contributed by atoms with van der Waals surface area (Å²) in [5.41, 5.74) is 2.40. The van der Waals surface area contributed by atoms with Crippen LogP contribution in [0, 0.1) is 6.92 Å². The van der Waals surface area contributed by atoms with Crippen molar-refractivity contribution >= 4 is 35.0 Å². The monoisotopic (exact) mass is 365 g/mol. The maximum Gasteiger partial charge on any atom is 0.419 e. The van der Waals surface area contributed by atoms with Crippen molar-refractivity contribution in [3.63, 3.8) is 0 Å². The fourth-order valence-corrected chi connectivity index (χ4v) is 2.78. The number of hydrogen-bond donors (Lipinski definition) is 0. The van der Waals surface area contributed by atoms with Gasteiger partial charge in [-0.05, 0) is 53.8 Å². The molecule has 0 saturated heterocycles. The first-order valence-electron chi connectivity index (χ1n) is 7.61. The lowest BCUT2D eigenvalue weighted by molar-refractivity contribution is 0.209. The molecule has 2 rings (SSSR count). The number of aryl methyl sites for hydroxylation is 1. The quantitative estimate of drug-likeness (QED) is 0.630. The molecule has 0 aromatic heterocycles. The van der Waals surface area contributed by atoms with Crippen molar-refractivity contribution in [2.75, 3.05) is 11.9 Å². The summed E-state index contributed by atoms with van der Waals surface area (Å²) >= 11 is 12.4. The summed E-state index contributed by atoms with van der Waals surface area (Å²) in [6.07, 6.45) is -0.489. The summed E-state index contributed by atoms with van der Waals surface area (Å²) in [5, 5.41) is 1.26. The third-order valence-electron chi connectivity index (χ3n) is 3.77. The maximum atomic E-state index is 12.4. The number of halogens is 2. The van der Waals surface area contributed by atoms with Gasteiger partial charge in [0, 0.05) is 22.8 Å². The van der Waals surface area contributed by atoms with E-state index in [0.717, 1.165) is 11.1 Å². The molecule has 0 bridgehead atoms. The molecule has 5 heteroatoms. The molecule has 0 radical (unpaired) electrons. The van der Waals surface area contributed by atoms with E-state index in [2.05, 4.69) is 20.8 Å². The largest absolute Gasteiger partial charge is 0.419 e. The molecule has 3 nitrogen and oxygen atoms in total. The highest BCUT2D eigenvalue weighted by molar-refractivity contribution is 6.32. The lowest BCUT2D eigenvalue weighted by Gasteiger charge is -2.22. The van der Waals surface area contributed by atoms with Crippen molar-refractivity contribution in [1.82, 2.24) is 0 Å². The van der Waals surface area contributed by atoms with Crippen molar-refractivity contribution < 1.29 is 9.53 Å². The Bertz CT molecular complexity index is 766. The van der Waals surface area contributed by atoms with E-state index in [1.54, 1.807) is 31.3 Å². The Morgan fingerprint density at radius 1 is 1.04 bits per heavy atom. The fraction of sp³-hybridized carbons (Fsp3) is 0.316. The molecule has 2 aromatic carbocycles. The molecular weight excluding hydrogens is 345 g/mol. The standard InChI is InChI=1S/C19H21Cl2NO2/c1-12-6-7-13(10-17(12)21)22(5)18(23)24-14-8-9-16(20)15(11-14)19(2,3)4/h6-11H,1-5H3. The summed E-state index contributed by atoms with van der Waals surface area (Å²) in [6.45, 7) is 8.08. The zero-order valence-electron chi connectivity index (χ0n) is 14.5. The van der Waals surface area contributed by atoms with Gasteiger partial charge in [-0.1, -0.05) is 50.0 Å². The van der Waals surface area contributed by atoms with E-state index in [-0.39, 0.29) is 5.41 Å². The molecule has 1 amide bonds. The number of ether oxygens (including phenoxy) is 1. The lowest BCUT2D eigenvalue weighted by Crippen LogP contribution is -2.29. The van der Waals surface area contributed by atoms with Gasteiger partial charge in [-0.3, -0.25) is 4.90 Å². The zero-order valence-corrected chi connectivity index (χ0v) is 16.0. The van der Waals surface area contributed by atoms with Gasteiger partial charge in [0.15, 0.2) is 0 Å². The van der Waals surface area contributed by atoms with Crippen LogP contribution in [0.4, 0.5) is 10.5 Å². The Morgan fingerprint density at radius 3 is 2.29 bits per heavy atom. The smallest absolute Gasteiger partial charge is 0.410 e. The third kappa shape index (κ3) is 4.22. The topological polar surface area (TPSA) is 29.5 Å². The minimum Gasteiger partial charge on any atom is -0.410 e. The van der Waals surface area contributed by atoms with Gasteiger partial charge in [-0.2, -0.15) is 0 Å². The molecule has 0 aliphatic heterocycles. The minimum absolute atomic E-state index is 0.143. The van der Waals surface area contributed by atoms with Crippen LogP contribution in [0.5, 0.6) is 5.75 Å². The van der Waals surface area contributed by atoms with E-state index in [0.29, 0.717) is 21.5 Å². The number of benzene rings is 2. The van der Waals surface area contributed by atoms with E-state index in [1.807, 2.05) is 19.1 Å². The molecular formula is C19H21Cl2NO2. The normalized spacial score (nSPS) is 11.3. The lowest BCUT2D eigenvalue weighted by atomic mass is 9.87. The van der Waals surface area contributed by atoms with Crippen molar-refractivity contribution in [2.45, 2.75) is 33.1 Å². The highest BCUT2D eigenvalue weighted by Crippen LogP contribution is 2.32. The van der Waals surface area contributed by atoms with Gasteiger partial charge < -0.3 is 4.74 Å². The van der Waals surface area contributed by atoms with Gasteiger partial charge in [0.1, 0.15) is 5.75 Å². The molecule has 24 heavy (non-hydrogen) atoms. The first-order chi connectivity index (χ1) is 11.1. The van der Waals surface area contributed by atoms with Crippen LogP contribution in [-0.2, 0) is 5.41 Å². The highest BCUT2D eigenvalue weighted by atomic mass is 35.5. The maximum absolute atomic E-state index is 12.4. The summed E-state index contributed by atoms with van der Waals surface area (Å²) in [4.78, 5) is 13.8. The Morgan fingerprint density at radius 2 is 1.71 bits per heavy atom. The van der Waals surface area contributed by atoms with Crippen molar-refractivity contribution in [1.29, 1.82) is 0 Å². The third-order valence-corrected chi connectivity index (χ3v) is 4.50. The first kappa shape index (κ1) is 18.6. The van der Waals surface area contributed by atoms with E-state index < -0.39 is 6.09 Å². The Labute approximate surface area is 153 Å². The Balaban J connectivity index is 2.21. The predicted molar refractivity (Wildman–Crippen MR) is 101 cm³/mol. The number of amides is 1. The van der Waals surface area contributed by atoms with Gasteiger partial charge in [0.25, 0.3) is 0 Å². The predicted octanol–water partition coefficient (Wildman–Crippen LogP) is 6.23.